The van der Waals surface area contributed by atoms with Gasteiger partial charge < -0.3 is 4.74 Å². The fraction of sp³-hybridized carbons (Fsp3) is 0.222. The summed E-state index contributed by atoms with van der Waals surface area (Å²) >= 11 is 1.13. The number of imide groups is 1. The van der Waals surface area contributed by atoms with Crippen molar-refractivity contribution in [3.05, 3.63) is 46.5 Å². The fourth-order valence-electron chi connectivity index (χ4n) is 2.62. The van der Waals surface area contributed by atoms with Crippen molar-refractivity contribution >= 4 is 39.9 Å². The quantitative estimate of drug-likeness (QED) is 0.419. The van der Waals surface area contributed by atoms with E-state index in [1.54, 1.807) is 6.92 Å². The van der Waals surface area contributed by atoms with Crippen LogP contribution >= 0.6 is 11.3 Å². The molecule has 2 amide bonds. The molecule has 1 atom stereocenters. The molecule has 2 aromatic rings. The Kier molecular flexibility index (Phi) is 5.85. The van der Waals surface area contributed by atoms with Gasteiger partial charge in [-0.2, -0.15) is 10.4 Å². The summed E-state index contributed by atoms with van der Waals surface area (Å²) < 4.78 is 4.91. The molecule has 0 aliphatic carbocycles. The molecule has 2 heterocycles. The lowest BCUT2D eigenvalue weighted by Crippen LogP contribution is -2.48. The van der Waals surface area contributed by atoms with E-state index in [1.165, 1.54) is 36.7 Å². The number of hydrogen-bond acceptors (Lipinski definition) is 10. The van der Waals surface area contributed by atoms with E-state index in [-0.39, 0.29) is 34.1 Å². The molecule has 0 saturated heterocycles. The number of amides is 2. The molecule has 29 heavy (non-hydrogen) atoms. The molecule has 10 nitrogen and oxygen atoms in total. The normalized spacial score (nSPS) is 17.0. The van der Waals surface area contributed by atoms with Crippen LogP contribution in [0, 0.1) is 11.3 Å². The number of carbonyl (C=O) groups is 3. The minimum absolute atomic E-state index is 0.194. The van der Waals surface area contributed by atoms with Gasteiger partial charge in [-0.1, -0.05) is 11.3 Å². The minimum Gasteiger partial charge on any atom is -0.462 e. The Hall–Kier alpha value is -3.78. The molecule has 1 aromatic carbocycles. The molecule has 0 bridgehead atoms. The highest BCUT2D eigenvalue weighted by Crippen LogP contribution is 2.29. The first-order valence-electron chi connectivity index (χ1n) is 8.41. The summed E-state index contributed by atoms with van der Waals surface area (Å²) in [5.41, 5.74) is 1.94. The van der Waals surface area contributed by atoms with Gasteiger partial charge in [-0.3, -0.25) is 9.59 Å². The number of esters is 1. The Balaban J connectivity index is 1.96. The molecule has 1 aliphatic heterocycles. The van der Waals surface area contributed by atoms with Gasteiger partial charge in [-0.05, 0) is 43.7 Å². The van der Waals surface area contributed by atoms with Crippen molar-refractivity contribution in [3.8, 4) is 6.07 Å². The molecule has 0 fully saturated rings. The Labute approximate surface area is 169 Å². The number of azo groups is 1. The van der Waals surface area contributed by atoms with Crippen LogP contribution in [0.3, 0.4) is 0 Å². The van der Waals surface area contributed by atoms with Gasteiger partial charge in [0.25, 0.3) is 16.9 Å². The maximum atomic E-state index is 13.0. The number of anilines is 1. The molecule has 1 aliphatic rings. The van der Waals surface area contributed by atoms with Crippen LogP contribution in [0.5, 0.6) is 0 Å². The van der Waals surface area contributed by atoms with Gasteiger partial charge in [0.15, 0.2) is 6.04 Å². The molecule has 0 radical (unpaired) electrons. The van der Waals surface area contributed by atoms with Gasteiger partial charge in [0.2, 0.25) is 0 Å². The van der Waals surface area contributed by atoms with Gasteiger partial charge in [-0.25, -0.2) is 9.69 Å². The van der Waals surface area contributed by atoms with Crippen LogP contribution in [-0.2, 0) is 14.3 Å². The number of carbonyl (C=O) groups excluding carboxylic acids is 3. The summed E-state index contributed by atoms with van der Waals surface area (Å²) in [6, 6.07) is 6.39. The molecule has 3 rings (SSSR count). The summed E-state index contributed by atoms with van der Waals surface area (Å²) in [5, 5.41) is 24.8. The van der Waals surface area contributed by atoms with E-state index in [2.05, 4.69) is 20.4 Å². The first-order valence-corrected chi connectivity index (χ1v) is 9.29. The van der Waals surface area contributed by atoms with Crippen LogP contribution < -0.4 is 4.90 Å². The zero-order valence-electron chi connectivity index (χ0n) is 15.4. The van der Waals surface area contributed by atoms with Crippen LogP contribution in [0.25, 0.3) is 0 Å². The van der Waals surface area contributed by atoms with Gasteiger partial charge in [0, 0.05) is 0 Å². The number of rotatable bonds is 5. The van der Waals surface area contributed by atoms with E-state index in [4.69, 9.17) is 4.74 Å². The predicted molar refractivity (Wildman–Crippen MR) is 101 cm³/mol. The average Bonchev–Trinajstić information content (AvgIpc) is 3.22. The Morgan fingerprint density at radius 1 is 1.34 bits per heavy atom. The number of hydrogen-bond donors (Lipinski definition) is 0. The Bertz CT molecular complexity index is 1050. The molecule has 146 valence electrons. The maximum Gasteiger partial charge on any atom is 0.338 e. The van der Waals surface area contributed by atoms with Crippen LogP contribution in [0.1, 0.15) is 24.2 Å². The molecule has 1 aromatic heterocycles. The second-order valence-electron chi connectivity index (χ2n) is 5.76. The van der Waals surface area contributed by atoms with Crippen LogP contribution in [0.4, 0.5) is 10.8 Å². The fourth-order valence-corrected chi connectivity index (χ4v) is 3.00. The number of ether oxygens (including phenoxy) is 1. The summed E-state index contributed by atoms with van der Waals surface area (Å²) in [6.45, 7) is 3.39. The summed E-state index contributed by atoms with van der Waals surface area (Å²) in [5.74, 6) is -1.95. The topological polar surface area (TPSA) is 138 Å². The molecular formula is C18H14N6O4S. The summed E-state index contributed by atoms with van der Waals surface area (Å²) in [6.07, 6.45) is 0. The Morgan fingerprint density at radius 2 is 2.07 bits per heavy atom. The van der Waals surface area contributed by atoms with Gasteiger partial charge in [-0.15, -0.1) is 15.3 Å². The van der Waals surface area contributed by atoms with Crippen LogP contribution in [0.2, 0.25) is 0 Å². The standard InChI is InChI=1S/C18H14N6O4S/c1-3-28-17(27)11-4-6-12(7-5-11)24-15(25)13(8-19)10(2)14(16(24)26)21-23-18-22-20-9-29-18/h4-7,9,14H,3H2,1-2H3. The molecule has 0 saturated carbocycles. The van der Waals surface area contributed by atoms with Crippen molar-refractivity contribution < 1.29 is 19.1 Å². The number of nitriles is 1. The van der Waals surface area contributed by atoms with Crippen molar-refractivity contribution in [2.24, 2.45) is 10.2 Å². The number of benzene rings is 1. The highest BCUT2D eigenvalue weighted by molar-refractivity contribution is 7.13. The van der Waals surface area contributed by atoms with Crippen molar-refractivity contribution in [1.82, 2.24) is 10.2 Å². The average molecular weight is 410 g/mol. The molecule has 1 unspecified atom stereocenters. The lowest BCUT2D eigenvalue weighted by molar-refractivity contribution is -0.125. The minimum atomic E-state index is -1.16. The van der Waals surface area contributed by atoms with Crippen molar-refractivity contribution in [3.63, 3.8) is 0 Å². The number of aromatic nitrogens is 2. The second kappa shape index (κ2) is 8.49. The zero-order valence-corrected chi connectivity index (χ0v) is 16.2. The van der Waals surface area contributed by atoms with Gasteiger partial charge in [0.1, 0.15) is 17.2 Å². The lowest BCUT2D eigenvalue weighted by atomic mass is 9.96. The molecule has 0 spiro atoms. The smallest absolute Gasteiger partial charge is 0.338 e. The van der Waals surface area contributed by atoms with Crippen molar-refractivity contribution in [1.29, 1.82) is 5.26 Å². The van der Waals surface area contributed by atoms with E-state index in [1.807, 2.05) is 6.07 Å². The van der Waals surface area contributed by atoms with E-state index in [9.17, 15) is 19.6 Å². The first-order chi connectivity index (χ1) is 14.0. The summed E-state index contributed by atoms with van der Waals surface area (Å²) in [7, 11) is 0. The van der Waals surface area contributed by atoms with Crippen molar-refractivity contribution in [2.75, 3.05) is 11.5 Å². The number of nitrogens with zero attached hydrogens (tertiary/aromatic N) is 6. The van der Waals surface area contributed by atoms with E-state index in [0.29, 0.717) is 0 Å². The van der Waals surface area contributed by atoms with E-state index >= 15 is 0 Å². The molecular weight excluding hydrogens is 396 g/mol. The van der Waals surface area contributed by atoms with E-state index < -0.39 is 23.8 Å². The third-order valence-electron chi connectivity index (χ3n) is 4.03. The van der Waals surface area contributed by atoms with Crippen LogP contribution in [-0.4, -0.2) is 40.6 Å². The third-order valence-corrected chi connectivity index (χ3v) is 4.61. The lowest BCUT2D eigenvalue weighted by Gasteiger charge is -2.28. The third kappa shape index (κ3) is 3.92. The molecule has 11 heteroatoms. The van der Waals surface area contributed by atoms with Crippen molar-refractivity contribution in [2.45, 2.75) is 19.9 Å². The zero-order chi connectivity index (χ0) is 21.0. The highest BCUT2D eigenvalue weighted by Gasteiger charge is 2.40. The largest absolute Gasteiger partial charge is 0.462 e. The monoisotopic (exact) mass is 410 g/mol. The Morgan fingerprint density at radius 3 is 2.66 bits per heavy atom. The van der Waals surface area contributed by atoms with Gasteiger partial charge in [0.05, 0.1) is 17.9 Å². The SMILES string of the molecule is CCOC(=O)c1ccc(N2C(=O)C(C#N)=C(C)C(N=Nc3nncs3)C2=O)cc1. The highest BCUT2D eigenvalue weighted by atomic mass is 32.1. The summed E-state index contributed by atoms with van der Waals surface area (Å²) in [4.78, 5) is 38.3. The first kappa shape index (κ1) is 20.0. The van der Waals surface area contributed by atoms with Gasteiger partial charge >= 0.3 is 5.97 Å². The maximum absolute atomic E-state index is 13.0. The second-order valence-corrected chi connectivity index (χ2v) is 6.57. The van der Waals surface area contributed by atoms with E-state index in [0.717, 1.165) is 16.2 Å². The molecule has 0 N–H and O–H groups in total. The van der Waals surface area contributed by atoms with Crippen LogP contribution in [0.15, 0.2) is 51.2 Å². The predicted octanol–water partition coefficient (Wildman–Crippen LogP) is 2.58.